The van der Waals surface area contributed by atoms with Crippen molar-refractivity contribution < 1.29 is 4.79 Å². The van der Waals surface area contributed by atoms with Crippen LogP contribution < -0.4 is 11.1 Å². The van der Waals surface area contributed by atoms with Gasteiger partial charge in [0.25, 0.3) is 0 Å². The van der Waals surface area contributed by atoms with Crippen LogP contribution in [0.15, 0.2) is 0 Å². The van der Waals surface area contributed by atoms with Gasteiger partial charge < -0.3 is 11.1 Å². The van der Waals surface area contributed by atoms with E-state index in [0.717, 1.165) is 18.4 Å². The van der Waals surface area contributed by atoms with Gasteiger partial charge in [-0.1, -0.05) is 13.3 Å². The van der Waals surface area contributed by atoms with Gasteiger partial charge in [-0.05, 0) is 37.6 Å². The Balaban J connectivity index is 0.00000180. The molecule has 1 amide bonds. The molecule has 1 aliphatic heterocycles. The lowest BCUT2D eigenvalue weighted by molar-refractivity contribution is -0.121. The van der Waals surface area contributed by atoms with E-state index in [9.17, 15) is 4.79 Å². The molecule has 2 rings (SSSR count). The molecule has 5 heteroatoms. The van der Waals surface area contributed by atoms with E-state index >= 15 is 0 Å². The van der Waals surface area contributed by atoms with Crippen LogP contribution in [0.3, 0.4) is 0 Å². The van der Waals surface area contributed by atoms with Crippen molar-refractivity contribution in [1.29, 1.82) is 0 Å². The fraction of sp³-hybridized carbons (Fsp3) is 0.929. The summed E-state index contributed by atoms with van der Waals surface area (Å²) in [4.78, 5) is 14.1. The number of amides is 1. The third-order valence-corrected chi connectivity index (χ3v) is 4.40. The smallest absolute Gasteiger partial charge is 0.221 e. The summed E-state index contributed by atoms with van der Waals surface area (Å²) in [5.41, 5.74) is 5.38. The predicted octanol–water partition coefficient (Wildman–Crippen LogP) is 1.38. The van der Waals surface area contributed by atoms with Gasteiger partial charge in [0.2, 0.25) is 5.91 Å². The molecule has 1 saturated heterocycles. The molecule has 4 nitrogen and oxygen atoms in total. The Kier molecular flexibility index (Phi) is 7.11. The van der Waals surface area contributed by atoms with Crippen LogP contribution in [0.2, 0.25) is 0 Å². The van der Waals surface area contributed by atoms with Gasteiger partial charge in [-0.3, -0.25) is 9.69 Å². The Labute approximate surface area is 122 Å². The van der Waals surface area contributed by atoms with E-state index < -0.39 is 0 Å². The van der Waals surface area contributed by atoms with Gasteiger partial charge in [-0.2, -0.15) is 0 Å². The first kappa shape index (κ1) is 16.7. The molecular weight excluding hydrogens is 262 g/mol. The van der Waals surface area contributed by atoms with Crippen LogP contribution in [0.25, 0.3) is 0 Å². The number of hydrogen-bond donors (Lipinski definition) is 2. The molecule has 0 aromatic carbocycles. The molecular formula is C14H28ClN3O. The van der Waals surface area contributed by atoms with Crippen LogP contribution in [-0.4, -0.2) is 43.0 Å². The highest BCUT2D eigenvalue weighted by Crippen LogP contribution is 2.39. The lowest BCUT2D eigenvalue weighted by atomic mass is 10.0. The third-order valence-electron chi connectivity index (χ3n) is 4.40. The van der Waals surface area contributed by atoms with Crippen molar-refractivity contribution in [2.75, 3.05) is 26.2 Å². The Morgan fingerprint density at radius 2 is 2.16 bits per heavy atom. The zero-order valence-corrected chi connectivity index (χ0v) is 12.8. The third kappa shape index (κ3) is 5.28. The highest BCUT2D eigenvalue weighted by molar-refractivity contribution is 5.85. The highest BCUT2D eigenvalue weighted by Gasteiger charge is 2.36. The zero-order chi connectivity index (χ0) is 13.0. The first-order valence-corrected chi connectivity index (χ1v) is 7.41. The standard InChI is InChI=1S/C14H27N3O.ClH/c1-11-8-12(11)10-17-7-3-2-4-13(17)9-16-14(18)5-6-15;/h11-13H,2-10,15H2,1H3,(H,16,18);1H. The average Bonchev–Trinajstić information content (AvgIpc) is 3.04. The number of nitrogens with one attached hydrogen (secondary N) is 1. The van der Waals surface area contributed by atoms with Crippen molar-refractivity contribution in [3.8, 4) is 0 Å². The summed E-state index contributed by atoms with van der Waals surface area (Å²) in [6.07, 6.45) is 5.68. The molecule has 112 valence electrons. The topological polar surface area (TPSA) is 58.4 Å². The van der Waals surface area contributed by atoms with Gasteiger partial charge in [-0.15, -0.1) is 12.4 Å². The van der Waals surface area contributed by atoms with E-state index in [2.05, 4.69) is 17.1 Å². The summed E-state index contributed by atoms with van der Waals surface area (Å²) in [6, 6.07) is 0.549. The Morgan fingerprint density at radius 1 is 1.42 bits per heavy atom. The number of halogens is 1. The number of hydrogen-bond acceptors (Lipinski definition) is 3. The molecule has 0 spiro atoms. The maximum Gasteiger partial charge on any atom is 0.221 e. The molecule has 3 atom stereocenters. The molecule has 19 heavy (non-hydrogen) atoms. The zero-order valence-electron chi connectivity index (χ0n) is 11.9. The minimum Gasteiger partial charge on any atom is -0.354 e. The second kappa shape index (κ2) is 8.08. The Morgan fingerprint density at radius 3 is 2.79 bits per heavy atom. The number of carbonyl (C=O) groups excluding carboxylic acids is 1. The van der Waals surface area contributed by atoms with Gasteiger partial charge in [0.1, 0.15) is 0 Å². The van der Waals surface area contributed by atoms with E-state index in [4.69, 9.17) is 5.73 Å². The minimum absolute atomic E-state index is 0. The lowest BCUT2D eigenvalue weighted by Crippen LogP contribution is -2.47. The van der Waals surface area contributed by atoms with Gasteiger partial charge in [-0.25, -0.2) is 0 Å². The summed E-state index contributed by atoms with van der Waals surface area (Å²) in [7, 11) is 0. The van der Waals surface area contributed by atoms with Crippen LogP contribution in [0.4, 0.5) is 0 Å². The molecule has 0 bridgehead atoms. The molecule has 2 aliphatic rings. The van der Waals surface area contributed by atoms with Crippen molar-refractivity contribution in [2.45, 2.75) is 45.1 Å². The summed E-state index contributed by atoms with van der Waals surface area (Å²) in [6.45, 7) is 6.03. The van der Waals surface area contributed by atoms with Crippen LogP contribution in [0, 0.1) is 11.8 Å². The predicted molar refractivity (Wildman–Crippen MR) is 80.4 cm³/mol. The molecule has 1 saturated carbocycles. The van der Waals surface area contributed by atoms with Gasteiger partial charge in [0.15, 0.2) is 0 Å². The van der Waals surface area contributed by atoms with Gasteiger partial charge >= 0.3 is 0 Å². The number of carbonyl (C=O) groups is 1. The number of rotatable bonds is 6. The van der Waals surface area contributed by atoms with Gasteiger partial charge in [0, 0.05) is 32.1 Å². The number of piperidine rings is 1. The summed E-state index contributed by atoms with van der Waals surface area (Å²) in [5, 5.41) is 3.03. The SMILES string of the molecule is CC1CC1CN1CCCCC1CNC(=O)CCN.Cl. The fourth-order valence-corrected chi connectivity index (χ4v) is 2.94. The van der Waals surface area contributed by atoms with Crippen LogP contribution >= 0.6 is 12.4 Å². The fourth-order valence-electron chi connectivity index (χ4n) is 2.94. The Hall–Kier alpha value is -0.320. The lowest BCUT2D eigenvalue weighted by Gasteiger charge is -2.36. The summed E-state index contributed by atoms with van der Waals surface area (Å²) in [5.74, 6) is 1.92. The first-order chi connectivity index (χ1) is 8.70. The van der Waals surface area contributed by atoms with E-state index in [-0.39, 0.29) is 18.3 Å². The summed E-state index contributed by atoms with van der Waals surface area (Å²) >= 11 is 0. The van der Waals surface area contributed by atoms with E-state index in [1.807, 2.05) is 0 Å². The highest BCUT2D eigenvalue weighted by atomic mass is 35.5. The minimum atomic E-state index is 0. The van der Waals surface area contributed by atoms with E-state index in [0.29, 0.717) is 19.0 Å². The molecule has 0 aromatic heterocycles. The van der Waals surface area contributed by atoms with Gasteiger partial charge in [0.05, 0.1) is 0 Å². The van der Waals surface area contributed by atoms with Crippen molar-refractivity contribution >= 4 is 18.3 Å². The molecule has 1 aliphatic carbocycles. The number of likely N-dealkylation sites (tertiary alicyclic amines) is 1. The average molecular weight is 290 g/mol. The maximum absolute atomic E-state index is 11.5. The number of nitrogens with zero attached hydrogens (tertiary/aromatic N) is 1. The van der Waals surface area contributed by atoms with Crippen molar-refractivity contribution in [3.63, 3.8) is 0 Å². The van der Waals surface area contributed by atoms with Crippen molar-refractivity contribution in [1.82, 2.24) is 10.2 Å². The van der Waals surface area contributed by atoms with Crippen LogP contribution in [0.5, 0.6) is 0 Å². The molecule has 3 N–H and O–H groups in total. The second-order valence-electron chi connectivity index (χ2n) is 5.96. The molecule has 1 heterocycles. The summed E-state index contributed by atoms with van der Waals surface area (Å²) < 4.78 is 0. The van der Waals surface area contributed by atoms with E-state index in [1.54, 1.807) is 0 Å². The Bertz CT molecular complexity index is 288. The normalized spacial score (nSPS) is 30.5. The molecule has 3 unspecified atom stereocenters. The monoisotopic (exact) mass is 289 g/mol. The number of nitrogens with two attached hydrogens (primary N) is 1. The molecule has 2 fully saturated rings. The quantitative estimate of drug-likeness (QED) is 0.777. The molecule has 0 radical (unpaired) electrons. The second-order valence-corrected chi connectivity index (χ2v) is 5.96. The van der Waals surface area contributed by atoms with Crippen molar-refractivity contribution in [2.24, 2.45) is 17.6 Å². The maximum atomic E-state index is 11.5. The van der Waals surface area contributed by atoms with Crippen LogP contribution in [-0.2, 0) is 4.79 Å². The van der Waals surface area contributed by atoms with Crippen molar-refractivity contribution in [3.05, 3.63) is 0 Å². The molecule has 0 aromatic rings. The largest absolute Gasteiger partial charge is 0.354 e. The van der Waals surface area contributed by atoms with E-state index in [1.165, 1.54) is 38.8 Å². The van der Waals surface area contributed by atoms with Crippen LogP contribution in [0.1, 0.15) is 39.0 Å². The first-order valence-electron chi connectivity index (χ1n) is 7.41.